The van der Waals surface area contributed by atoms with Crippen molar-refractivity contribution in [2.75, 3.05) is 13.1 Å². The van der Waals surface area contributed by atoms with Gasteiger partial charge in [0.25, 0.3) is 0 Å². The van der Waals surface area contributed by atoms with Crippen LogP contribution in [0.5, 0.6) is 0 Å². The number of nitrogens with one attached hydrogen (secondary N) is 1. The zero-order chi connectivity index (χ0) is 9.10. The topological polar surface area (TPSA) is 34.4 Å². The molecule has 2 heterocycles. The first kappa shape index (κ1) is 8.78. The Morgan fingerprint density at radius 3 is 3.15 bits per heavy atom. The van der Waals surface area contributed by atoms with E-state index in [0.717, 1.165) is 31.0 Å². The zero-order valence-corrected chi connectivity index (χ0v) is 7.88. The van der Waals surface area contributed by atoms with E-state index in [1.807, 2.05) is 19.1 Å². The van der Waals surface area contributed by atoms with E-state index in [-0.39, 0.29) is 0 Å². The lowest BCUT2D eigenvalue weighted by atomic mass is 10.3. The van der Waals surface area contributed by atoms with Crippen molar-refractivity contribution < 1.29 is 9.15 Å². The summed E-state index contributed by atoms with van der Waals surface area (Å²) < 4.78 is 11.0. The Morgan fingerprint density at radius 2 is 2.54 bits per heavy atom. The summed E-state index contributed by atoms with van der Waals surface area (Å²) in [5.74, 6) is 1.87. The SMILES string of the molecule is Cc1ccc(COC2CCNC2)o1. The van der Waals surface area contributed by atoms with Crippen LogP contribution < -0.4 is 5.32 Å². The Kier molecular flexibility index (Phi) is 2.66. The molecule has 0 bridgehead atoms. The molecule has 0 saturated carbocycles. The molecule has 1 aromatic heterocycles. The maximum Gasteiger partial charge on any atom is 0.129 e. The van der Waals surface area contributed by atoms with Crippen LogP contribution in [0.2, 0.25) is 0 Å². The molecule has 3 heteroatoms. The second-order valence-corrected chi connectivity index (χ2v) is 3.44. The molecule has 1 unspecified atom stereocenters. The molecule has 1 aromatic rings. The van der Waals surface area contributed by atoms with Crippen molar-refractivity contribution in [2.45, 2.75) is 26.1 Å². The second kappa shape index (κ2) is 3.94. The molecule has 13 heavy (non-hydrogen) atoms. The first-order chi connectivity index (χ1) is 6.34. The van der Waals surface area contributed by atoms with E-state index in [1.54, 1.807) is 0 Å². The van der Waals surface area contributed by atoms with Gasteiger partial charge in [-0.2, -0.15) is 0 Å². The fourth-order valence-corrected chi connectivity index (χ4v) is 1.53. The van der Waals surface area contributed by atoms with Gasteiger partial charge in [-0.3, -0.25) is 0 Å². The minimum atomic E-state index is 0.366. The molecule has 0 aliphatic carbocycles. The van der Waals surface area contributed by atoms with Crippen LogP contribution in [0.4, 0.5) is 0 Å². The molecule has 1 atom stereocenters. The number of furan rings is 1. The van der Waals surface area contributed by atoms with Crippen LogP contribution >= 0.6 is 0 Å². The van der Waals surface area contributed by atoms with Gasteiger partial charge in [0.2, 0.25) is 0 Å². The van der Waals surface area contributed by atoms with Gasteiger partial charge in [-0.25, -0.2) is 0 Å². The lowest BCUT2D eigenvalue weighted by Gasteiger charge is -2.07. The van der Waals surface area contributed by atoms with Crippen molar-refractivity contribution in [3.63, 3.8) is 0 Å². The van der Waals surface area contributed by atoms with E-state index in [4.69, 9.17) is 9.15 Å². The third-order valence-electron chi connectivity index (χ3n) is 2.27. The van der Waals surface area contributed by atoms with Gasteiger partial charge in [-0.1, -0.05) is 0 Å². The van der Waals surface area contributed by atoms with E-state index < -0.39 is 0 Å². The minimum absolute atomic E-state index is 0.366. The number of hydrogen-bond donors (Lipinski definition) is 1. The first-order valence-electron chi connectivity index (χ1n) is 4.72. The van der Waals surface area contributed by atoms with Crippen LogP contribution in [-0.2, 0) is 11.3 Å². The van der Waals surface area contributed by atoms with E-state index in [2.05, 4.69) is 5.32 Å². The highest BCUT2D eigenvalue weighted by Crippen LogP contribution is 2.11. The molecule has 1 saturated heterocycles. The molecule has 0 aromatic carbocycles. The van der Waals surface area contributed by atoms with Gasteiger partial charge in [0.05, 0.1) is 6.10 Å². The summed E-state index contributed by atoms with van der Waals surface area (Å²) in [5, 5.41) is 3.26. The predicted octanol–water partition coefficient (Wildman–Crippen LogP) is 1.47. The Hall–Kier alpha value is -0.800. The lowest BCUT2D eigenvalue weighted by molar-refractivity contribution is 0.0434. The lowest BCUT2D eigenvalue weighted by Crippen LogP contribution is -2.16. The standard InChI is InChI=1S/C10H15NO2/c1-8-2-3-10(13-8)7-12-9-4-5-11-6-9/h2-3,9,11H,4-7H2,1H3. The fourth-order valence-electron chi connectivity index (χ4n) is 1.53. The molecule has 1 fully saturated rings. The average molecular weight is 181 g/mol. The van der Waals surface area contributed by atoms with Gasteiger partial charge in [0, 0.05) is 6.54 Å². The second-order valence-electron chi connectivity index (χ2n) is 3.44. The number of aryl methyl sites for hydroxylation is 1. The van der Waals surface area contributed by atoms with Crippen molar-refractivity contribution in [2.24, 2.45) is 0 Å². The van der Waals surface area contributed by atoms with Crippen LogP contribution in [0, 0.1) is 6.92 Å². The molecule has 0 amide bonds. The molecule has 3 nitrogen and oxygen atoms in total. The summed E-state index contributed by atoms with van der Waals surface area (Å²) >= 11 is 0. The third-order valence-corrected chi connectivity index (χ3v) is 2.27. The van der Waals surface area contributed by atoms with Crippen molar-refractivity contribution in [3.05, 3.63) is 23.7 Å². The minimum Gasteiger partial charge on any atom is -0.464 e. The van der Waals surface area contributed by atoms with Gasteiger partial charge in [0.15, 0.2) is 0 Å². The molecule has 2 rings (SSSR count). The Morgan fingerprint density at radius 1 is 1.62 bits per heavy atom. The molecular weight excluding hydrogens is 166 g/mol. The van der Waals surface area contributed by atoms with Crippen molar-refractivity contribution in [1.82, 2.24) is 5.32 Å². The Labute approximate surface area is 78.1 Å². The maximum atomic E-state index is 5.65. The quantitative estimate of drug-likeness (QED) is 0.766. The highest BCUT2D eigenvalue weighted by Gasteiger charge is 2.14. The van der Waals surface area contributed by atoms with Crippen LogP contribution in [0.3, 0.4) is 0 Å². The molecule has 72 valence electrons. The largest absolute Gasteiger partial charge is 0.464 e. The zero-order valence-electron chi connectivity index (χ0n) is 7.88. The smallest absolute Gasteiger partial charge is 0.129 e. The molecule has 1 N–H and O–H groups in total. The van der Waals surface area contributed by atoms with E-state index >= 15 is 0 Å². The van der Waals surface area contributed by atoms with E-state index in [1.165, 1.54) is 0 Å². The van der Waals surface area contributed by atoms with Crippen LogP contribution in [0.25, 0.3) is 0 Å². The van der Waals surface area contributed by atoms with E-state index in [0.29, 0.717) is 12.7 Å². The van der Waals surface area contributed by atoms with Gasteiger partial charge in [-0.05, 0) is 32.0 Å². The summed E-state index contributed by atoms with van der Waals surface area (Å²) in [6.07, 6.45) is 1.48. The highest BCUT2D eigenvalue weighted by atomic mass is 16.5. The summed E-state index contributed by atoms with van der Waals surface area (Å²) in [7, 11) is 0. The van der Waals surface area contributed by atoms with Crippen LogP contribution in [0.15, 0.2) is 16.5 Å². The maximum absolute atomic E-state index is 5.65. The van der Waals surface area contributed by atoms with Crippen molar-refractivity contribution >= 4 is 0 Å². The first-order valence-corrected chi connectivity index (χ1v) is 4.72. The summed E-state index contributed by atoms with van der Waals surface area (Å²) in [5.41, 5.74) is 0. The van der Waals surface area contributed by atoms with E-state index in [9.17, 15) is 0 Å². The predicted molar refractivity (Wildman–Crippen MR) is 49.5 cm³/mol. The van der Waals surface area contributed by atoms with Gasteiger partial charge < -0.3 is 14.5 Å². The Bertz CT molecular complexity index is 264. The normalized spacial score (nSPS) is 22.4. The molecule has 1 aliphatic rings. The van der Waals surface area contributed by atoms with Crippen molar-refractivity contribution in [3.8, 4) is 0 Å². The molecular formula is C10H15NO2. The van der Waals surface area contributed by atoms with Crippen molar-refractivity contribution in [1.29, 1.82) is 0 Å². The van der Waals surface area contributed by atoms with Crippen LogP contribution in [-0.4, -0.2) is 19.2 Å². The number of hydrogen-bond acceptors (Lipinski definition) is 3. The summed E-state index contributed by atoms with van der Waals surface area (Å²) in [6, 6.07) is 3.93. The summed E-state index contributed by atoms with van der Waals surface area (Å²) in [4.78, 5) is 0. The Balaban J connectivity index is 1.78. The highest BCUT2D eigenvalue weighted by molar-refractivity contribution is 5.04. The molecule has 0 radical (unpaired) electrons. The molecule has 0 spiro atoms. The number of rotatable bonds is 3. The third kappa shape index (κ3) is 2.32. The summed E-state index contributed by atoms with van der Waals surface area (Å²) in [6.45, 7) is 4.59. The van der Waals surface area contributed by atoms with Crippen LogP contribution in [0.1, 0.15) is 17.9 Å². The average Bonchev–Trinajstić information content (AvgIpc) is 2.71. The monoisotopic (exact) mass is 181 g/mol. The van der Waals surface area contributed by atoms with Gasteiger partial charge in [0.1, 0.15) is 18.1 Å². The van der Waals surface area contributed by atoms with Gasteiger partial charge >= 0.3 is 0 Å². The van der Waals surface area contributed by atoms with Gasteiger partial charge in [-0.15, -0.1) is 0 Å². The number of ether oxygens (including phenoxy) is 1. The fraction of sp³-hybridized carbons (Fsp3) is 0.600. The molecule has 1 aliphatic heterocycles.